The molecule has 0 saturated heterocycles. The predicted octanol–water partition coefficient (Wildman–Crippen LogP) is 5.62. The van der Waals surface area contributed by atoms with Crippen molar-refractivity contribution >= 4 is 11.8 Å². The van der Waals surface area contributed by atoms with Gasteiger partial charge in [-0.1, -0.05) is 61.3 Å². The second-order valence-electron chi connectivity index (χ2n) is 1.70. The number of rotatable bonds is 4. The number of hydrogen-bond donors (Lipinski definition) is 0. The van der Waals surface area contributed by atoms with Crippen LogP contribution in [0.3, 0.4) is 0 Å². The molecule has 0 unspecified atom stereocenters. The maximum absolute atomic E-state index is 2.24. The molecule has 86 valence electrons. The molecule has 0 saturated carbocycles. The molecule has 0 atom stereocenters. The van der Waals surface area contributed by atoms with Gasteiger partial charge in [-0.3, -0.25) is 0 Å². The van der Waals surface area contributed by atoms with E-state index in [1.807, 2.05) is 53.3 Å². The molecule has 0 amide bonds. The second-order valence-corrected chi connectivity index (χ2v) is 2.69. The molecule has 1 heteroatoms. The Balaban J connectivity index is -0.0000000573. The first-order valence-electron chi connectivity index (χ1n) is 5.90. The average Bonchev–Trinajstić information content (AvgIpc) is 2.27. The van der Waals surface area contributed by atoms with Crippen LogP contribution in [0.1, 0.15) is 67.7 Å². The summed E-state index contributed by atoms with van der Waals surface area (Å²) in [6.07, 6.45) is 6.31. The van der Waals surface area contributed by atoms with Gasteiger partial charge in [0.15, 0.2) is 0 Å². The van der Waals surface area contributed by atoms with Crippen LogP contribution in [0, 0.1) is 0 Å². The van der Waals surface area contributed by atoms with E-state index in [1.54, 1.807) is 0 Å². The van der Waals surface area contributed by atoms with Crippen molar-refractivity contribution in [3.05, 3.63) is 0 Å². The molecule has 0 rings (SSSR count). The number of unbranched alkanes of at least 4 members (excludes halogenated alkanes) is 2. The lowest BCUT2D eigenvalue weighted by Gasteiger charge is -1.90. The second kappa shape index (κ2) is 55.6. The Hall–Kier alpha value is 0.350. The van der Waals surface area contributed by atoms with E-state index in [0.717, 1.165) is 0 Å². The molecule has 0 bridgehead atoms. The summed E-state index contributed by atoms with van der Waals surface area (Å²) < 4.78 is 0. The topological polar surface area (TPSA) is 0 Å². The highest BCUT2D eigenvalue weighted by Crippen LogP contribution is 2.00. The van der Waals surface area contributed by atoms with Crippen molar-refractivity contribution in [2.45, 2.75) is 67.7 Å². The molecule has 0 aromatic rings. The number of thioether (sulfide) groups is 1. The van der Waals surface area contributed by atoms with Crippen molar-refractivity contribution in [1.82, 2.24) is 0 Å². The van der Waals surface area contributed by atoms with E-state index >= 15 is 0 Å². The lowest BCUT2D eigenvalue weighted by molar-refractivity contribution is 0.779. The van der Waals surface area contributed by atoms with E-state index in [0.29, 0.717) is 0 Å². The van der Waals surface area contributed by atoms with Crippen LogP contribution < -0.4 is 0 Å². The smallest absolute Gasteiger partial charge is 0.00703 e. The van der Waals surface area contributed by atoms with Crippen molar-refractivity contribution in [1.29, 1.82) is 0 Å². The molecule has 0 N–H and O–H groups in total. The monoisotopic (exact) mass is 208 g/mol. The van der Waals surface area contributed by atoms with Gasteiger partial charge >= 0.3 is 0 Å². The highest BCUT2D eigenvalue weighted by Gasteiger charge is 1.80. The van der Waals surface area contributed by atoms with E-state index < -0.39 is 0 Å². The SMILES string of the molecule is CC.CC.CC.CCCCCSC. The molecule has 0 nitrogen and oxygen atoms in total. The van der Waals surface area contributed by atoms with Gasteiger partial charge in [0, 0.05) is 0 Å². The van der Waals surface area contributed by atoms with Crippen molar-refractivity contribution in [3.63, 3.8) is 0 Å². The van der Waals surface area contributed by atoms with Crippen LogP contribution in [-0.2, 0) is 0 Å². The van der Waals surface area contributed by atoms with E-state index in [2.05, 4.69) is 13.2 Å². The Bertz CT molecular complexity index is 24.3. The van der Waals surface area contributed by atoms with Crippen LogP contribution in [0.25, 0.3) is 0 Å². The first kappa shape index (κ1) is 23.3. The average molecular weight is 208 g/mol. The van der Waals surface area contributed by atoms with Crippen LogP contribution in [-0.4, -0.2) is 12.0 Å². The third-order valence-electron chi connectivity index (χ3n) is 0.952. The Morgan fingerprint density at radius 2 is 1.15 bits per heavy atom. The lowest BCUT2D eigenvalue weighted by Crippen LogP contribution is -1.75. The van der Waals surface area contributed by atoms with Gasteiger partial charge in [-0.2, -0.15) is 11.8 Å². The van der Waals surface area contributed by atoms with Crippen LogP contribution in [0.4, 0.5) is 0 Å². The van der Waals surface area contributed by atoms with Gasteiger partial charge in [0.2, 0.25) is 0 Å². The standard InChI is InChI=1S/C6H14S.3C2H6/c1-3-4-5-6-7-2;3*1-2/h3-6H2,1-2H3;3*1-2H3. The fourth-order valence-electron chi connectivity index (χ4n) is 0.496. The zero-order valence-corrected chi connectivity index (χ0v) is 12.1. The summed E-state index contributed by atoms with van der Waals surface area (Å²) in [5, 5.41) is 0. The lowest BCUT2D eigenvalue weighted by atomic mass is 10.3. The third-order valence-corrected chi connectivity index (χ3v) is 1.65. The van der Waals surface area contributed by atoms with Crippen LogP contribution in [0.2, 0.25) is 0 Å². The Morgan fingerprint density at radius 1 is 0.769 bits per heavy atom. The molecule has 0 spiro atoms. The molecule has 0 heterocycles. The zero-order chi connectivity index (χ0) is 11.5. The van der Waals surface area contributed by atoms with Gasteiger partial charge in [-0.15, -0.1) is 0 Å². The minimum Gasteiger partial charge on any atom is -0.165 e. The van der Waals surface area contributed by atoms with Crippen molar-refractivity contribution in [3.8, 4) is 0 Å². The summed E-state index contributed by atoms with van der Waals surface area (Å²) in [6.45, 7) is 14.2. The van der Waals surface area contributed by atoms with Crippen LogP contribution in [0.15, 0.2) is 0 Å². The van der Waals surface area contributed by atoms with Crippen molar-refractivity contribution in [2.24, 2.45) is 0 Å². The molecule has 0 aliphatic heterocycles. The summed E-state index contributed by atoms with van der Waals surface area (Å²) in [5.74, 6) is 1.34. The quantitative estimate of drug-likeness (QED) is 0.540. The predicted molar refractivity (Wildman–Crippen MR) is 72.0 cm³/mol. The normalized spacial score (nSPS) is 6.46. The first-order chi connectivity index (χ1) is 6.41. The zero-order valence-electron chi connectivity index (χ0n) is 11.2. The molecule has 0 aromatic heterocycles. The largest absolute Gasteiger partial charge is 0.165 e. The molecule has 0 aliphatic carbocycles. The molecule has 0 fully saturated rings. The summed E-state index contributed by atoms with van der Waals surface area (Å²) in [4.78, 5) is 0. The maximum atomic E-state index is 2.24. The van der Waals surface area contributed by atoms with Gasteiger partial charge in [0.05, 0.1) is 0 Å². The molecular weight excluding hydrogens is 176 g/mol. The van der Waals surface area contributed by atoms with E-state index in [9.17, 15) is 0 Å². The minimum absolute atomic E-state index is 1.34. The Kier molecular flexibility index (Phi) is 99.6. The van der Waals surface area contributed by atoms with E-state index in [4.69, 9.17) is 0 Å². The van der Waals surface area contributed by atoms with Crippen molar-refractivity contribution < 1.29 is 0 Å². The van der Waals surface area contributed by atoms with Gasteiger partial charge in [0.25, 0.3) is 0 Å². The summed E-state index contributed by atoms with van der Waals surface area (Å²) in [6, 6.07) is 0. The van der Waals surface area contributed by atoms with Crippen LogP contribution in [0.5, 0.6) is 0 Å². The van der Waals surface area contributed by atoms with Gasteiger partial charge < -0.3 is 0 Å². The minimum atomic E-state index is 1.34. The van der Waals surface area contributed by atoms with Gasteiger partial charge in [-0.25, -0.2) is 0 Å². The fourth-order valence-corrected chi connectivity index (χ4v) is 0.989. The highest BCUT2D eigenvalue weighted by atomic mass is 32.2. The summed E-state index contributed by atoms with van der Waals surface area (Å²) in [5.41, 5.74) is 0. The van der Waals surface area contributed by atoms with Gasteiger partial charge in [0.1, 0.15) is 0 Å². The summed E-state index contributed by atoms with van der Waals surface area (Å²) in [7, 11) is 0. The Morgan fingerprint density at radius 3 is 1.38 bits per heavy atom. The molecule has 0 radical (unpaired) electrons. The molecule has 13 heavy (non-hydrogen) atoms. The van der Waals surface area contributed by atoms with Gasteiger partial charge in [-0.05, 0) is 18.4 Å². The first-order valence-corrected chi connectivity index (χ1v) is 7.30. The Labute approximate surface area is 91.9 Å². The summed E-state index contributed by atoms with van der Waals surface area (Å²) >= 11 is 1.94. The molecule has 0 aliphatic rings. The van der Waals surface area contributed by atoms with E-state index in [1.165, 1.54) is 25.0 Å². The highest BCUT2D eigenvalue weighted by molar-refractivity contribution is 7.98. The molecular formula is C12H32S. The van der Waals surface area contributed by atoms with Crippen LogP contribution >= 0.6 is 11.8 Å². The van der Waals surface area contributed by atoms with E-state index in [-0.39, 0.29) is 0 Å². The maximum Gasteiger partial charge on any atom is -0.00703 e. The molecule has 0 aromatic carbocycles. The fraction of sp³-hybridized carbons (Fsp3) is 1.00. The number of hydrogen-bond acceptors (Lipinski definition) is 1. The van der Waals surface area contributed by atoms with Crippen molar-refractivity contribution in [2.75, 3.05) is 12.0 Å². The third kappa shape index (κ3) is 69.9.